The molecule has 5 heteroatoms. The first-order valence-electron chi connectivity index (χ1n) is 10.6. The largest absolute Gasteiger partial charge is 0.494 e. The van der Waals surface area contributed by atoms with Gasteiger partial charge in [-0.15, -0.1) is 0 Å². The van der Waals surface area contributed by atoms with E-state index >= 15 is 0 Å². The summed E-state index contributed by atoms with van der Waals surface area (Å²) in [6.45, 7) is 6.44. The van der Waals surface area contributed by atoms with Crippen LogP contribution in [0.15, 0.2) is 48.5 Å². The SMILES string of the molecule is CC(C)CCOc1cccc(C2Nc3ccccc3C(=O)N2CC2CCCO2)c1. The number of nitrogens with one attached hydrogen (secondary N) is 1. The fourth-order valence-corrected chi connectivity index (χ4v) is 3.94. The molecule has 2 aliphatic rings. The number of para-hydroxylation sites is 1. The Morgan fingerprint density at radius 3 is 2.86 bits per heavy atom. The van der Waals surface area contributed by atoms with Crippen molar-refractivity contribution in [2.75, 3.05) is 25.1 Å². The third-order valence-corrected chi connectivity index (χ3v) is 5.58. The van der Waals surface area contributed by atoms with Gasteiger partial charge in [-0.05, 0) is 55.0 Å². The molecule has 2 unspecified atom stereocenters. The highest BCUT2D eigenvalue weighted by Crippen LogP contribution is 2.35. The number of anilines is 1. The maximum atomic E-state index is 13.3. The Morgan fingerprint density at radius 2 is 2.07 bits per heavy atom. The van der Waals surface area contributed by atoms with E-state index in [1.165, 1.54) is 0 Å². The molecule has 0 aromatic heterocycles. The lowest BCUT2D eigenvalue weighted by molar-refractivity contribution is 0.0426. The van der Waals surface area contributed by atoms with Crippen LogP contribution in [0.25, 0.3) is 0 Å². The van der Waals surface area contributed by atoms with Crippen molar-refractivity contribution in [1.29, 1.82) is 0 Å². The monoisotopic (exact) mass is 394 g/mol. The van der Waals surface area contributed by atoms with Gasteiger partial charge in [-0.2, -0.15) is 0 Å². The van der Waals surface area contributed by atoms with Crippen LogP contribution in [0.1, 0.15) is 55.2 Å². The summed E-state index contributed by atoms with van der Waals surface area (Å²) >= 11 is 0. The summed E-state index contributed by atoms with van der Waals surface area (Å²) in [6.07, 6.45) is 2.93. The van der Waals surface area contributed by atoms with Crippen molar-refractivity contribution in [3.05, 3.63) is 59.7 Å². The van der Waals surface area contributed by atoms with Gasteiger partial charge in [0.25, 0.3) is 5.91 Å². The number of ether oxygens (including phenoxy) is 2. The average Bonchev–Trinajstić information content (AvgIpc) is 3.23. The Labute approximate surface area is 173 Å². The van der Waals surface area contributed by atoms with E-state index in [1.54, 1.807) is 0 Å². The minimum atomic E-state index is -0.241. The predicted molar refractivity (Wildman–Crippen MR) is 114 cm³/mol. The summed E-state index contributed by atoms with van der Waals surface area (Å²) in [5.41, 5.74) is 2.61. The fourth-order valence-electron chi connectivity index (χ4n) is 3.94. The zero-order valence-corrected chi connectivity index (χ0v) is 17.3. The van der Waals surface area contributed by atoms with Crippen molar-refractivity contribution in [2.24, 2.45) is 5.92 Å². The molecule has 2 aliphatic heterocycles. The van der Waals surface area contributed by atoms with E-state index in [0.717, 1.165) is 42.9 Å². The van der Waals surface area contributed by atoms with Crippen molar-refractivity contribution in [3.63, 3.8) is 0 Å². The normalized spacial score (nSPS) is 21.2. The molecule has 0 bridgehead atoms. The highest BCUT2D eigenvalue weighted by Gasteiger charge is 2.35. The van der Waals surface area contributed by atoms with Gasteiger partial charge >= 0.3 is 0 Å². The predicted octanol–water partition coefficient (Wildman–Crippen LogP) is 4.86. The van der Waals surface area contributed by atoms with Crippen LogP contribution in [-0.4, -0.2) is 36.7 Å². The number of nitrogens with zero attached hydrogens (tertiary/aromatic N) is 1. The molecule has 29 heavy (non-hydrogen) atoms. The molecule has 1 amide bonds. The zero-order chi connectivity index (χ0) is 20.2. The van der Waals surface area contributed by atoms with E-state index in [2.05, 4.69) is 25.2 Å². The van der Waals surface area contributed by atoms with Crippen LogP contribution in [-0.2, 0) is 4.74 Å². The Hall–Kier alpha value is -2.53. The molecule has 2 heterocycles. The molecular formula is C24H30N2O3. The van der Waals surface area contributed by atoms with E-state index in [9.17, 15) is 4.79 Å². The first-order valence-corrected chi connectivity index (χ1v) is 10.6. The molecule has 2 atom stereocenters. The smallest absolute Gasteiger partial charge is 0.257 e. The van der Waals surface area contributed by atoms with Gasteiger partial charge in [0.05, 0.1) is 18.3 Å². The Bertz CT molecular complexity index is 846. The van der Waals surface area contributed by atoms with Gasteiger partial charge in [-0.1, -0.05) is 38.1 Å². The van der Waals surface area contributed by atoms with Crippen LogP contribution in [0.5, 0.6) is 5.75 Å². The Morgan fingerprint density at radius 1 is 1.21 bits per heavy atom. The number of rotatable bonds is 7. The Balaban J connectivity index is 1.60. The second-order valence-corrected chi connectivity index (χ2v) is 8.29. The van der Waals surface area contributed by atoms with Gasteiger partial charge in [0.15, 0.2) is 0 Å². The summed E-state index contributed by atoms with van der Waals surface area (Å²) < 4.78 is 11.8. The van der Waals surface area contributed by atoms with Crippen molar-refractivity contribution in [2.45, 2.75) is 45.4 Å². The molecule has 1 fully saturated rings. The lowest BCUT2D eigenvalue weighted by Gasteiger charge is -2.39. The minimum absolute atomic E-state index is 0.0472. The van der Waals surface area contributed by atoms with Crippen LogP contribution in [0, 0.1) is 5.92 Å². The van der Waals surface area contributed by atoms with Gasteiger partial charge in [-0.25, -0.2) is 0 Å². The van der Waals surface area contributed by atoms with E-state index in [1.807, 2.05) is 47.4 Å². The van der Waals surface area contributed by atoms with Crippen LogP contribution < -0.4 is 10.1 Å². The second kappa shape index (κ2) is 8.87. The lowest BCUT2D eigenvalue weighted by Crippen LogP contribution is -2.46. The zero-order valence-electron chi connectivity index (χ0n) is 17.3. The summed E-state index contributed by atoms with van der Waals surface area (Å²) in [5.74, 6) is 1.49. The second-order valence-electron chi connectivity index (χ2n) is 8.29. The molecule has 0 radical (unpaired) electrons. The summed E-state index contributed by atoms with van der Waals surface area (Å²) in [5, 5.41) is 3.56. The number of hydrogen-bond donors (Lipinski definition) is 1. The van der Waals surface area contributed by atoms with Gasteiger partial charge in [0.2, 0.25) is 0 Å². The molecule has 0 saturated carbocycles. The molecule has 1 N–H and O–H groups in total. The van der Waals surface area contributed by atoms with Gasteiger partial charge < -0.3 is 19.7 Å². The number of benzene rings is 2. The van der Waals surface area contributed by atoms with Crippen molar-refractivity contribution in [1.82, 2.24) is 4.90 Å². The number of carbonyl (C=O) groups is 1. The van der Waals surface area contributed by atoms with Crippen LogP contribution in [0.4, 0.5) is 5.69 Å². The first kappa shape index (κ1) is 19.8. The molecular weight excluding hydrogens is 364 g/mol. The van der Waals surface area contributed by atoms with E-state index in [4.69, 9.17) is 9.47 Å². The topological polar surface area (TPSA) is 50.8 Å². The molecule has 4 rings (SSSR count). The fraction of sp³-hybridized carbons (Fsp3) is 0.458. The third kappa shape index (κ3) is 4.56. The van der Waals surface area contributed by atoms with Gasteiger partial charge in [0.1, 0.15) is 11.9 Å². The van der Waals surface area contributed by atoms with Crippen LogP contribution >= 0.6 is 0 Å². The quantitative estimate of drug-likeness (QED) is 0.729. The highest BCUT2D eigenvalue weighted by atomic mass is 16.5. The maximum Gasteiger partial charge on any atom is 0.257 e. The Kier molecular flexibility index (Phi) is 6.05. The van der Waals surface area contributed by atoms with E-state index in [0.29, 0.717) is 24.6 Å². The average molecular weight is 395 g/mol. The summed E-state index contributed by atoms with van der Waals surface area (Å²) in [7, 11) is 0. The van der Waals surface area contributed by atoms with Gasteiger partial charge in [0, 0.05) is 18.8 Å². The standard InChI is InChI=1S/C24H30N2O3/c1-17(2)12-14-29-19-8-5-7-18(15-19)23-25-22-11-4-3-10-21(22)24(27)26(23)16-20-9-6-13-28-20/h3-5,7-8,10-11,15,17,20,23,25H,6,9,12-14,16H2,1-2H3. The van der Waals surface area contributed by atoms with Crippen molar-refractivity contribution < 1.29 is 14.3 Å². The lowest BCUT2D eigenvalue weighted by atomic mass is 10.0. The first-order chi connectivity index (χ1) is 14.1. The van der Waals surface area contributed by atoms with Crippen molar-refractivity contribution in [3.8, 4) is 5.75 Å². The van der Waals surface area contributed by atoms with Crippen LogP contribution in [0.2, 0.25) is 0 Å². The van der Waals surface area contributed by atoms with E-state index in [-0.39, 0.29) is 18.2 Å². The van der Waals surface area contributed by atoms with Crippen molar-refractivity contribution >= 4 is 11.6 Å². The molecule has 0 aliphatic carbocycles. The third-order valence-electron chi connectivity index (χ3n) is 5.58. The van der Waals surface area contributed by atoms with Crippen LogP contribution in [0.3, 0.4) is 0 Å². The number of amides is 1. The number of carbonyl (C=O) groups excluding carboxylic acids is 1. The molecule has 2 aromatic carbocycles. The molecule has 1 saturated heterocycles. The van der Waals surface area contributed by atoms with E-state index < -0.39 is 0 Å². The number of fused-ring (bicyclic) bond motifs is 1. The maximum absolute atomic E-state index is 13.3. The highest BCUT2D eigenvalue weighted by molar-refractivity contribution is 6.01. The molecule has 5 nitrogen and oxygen atoms in total. The van der Waals surface area contributed by atoms with Gasteiger partial charge in [-0.3, -0.25) is 4.79 Å². The molecule has 0 spiro atoms. The summed E-state index contributed by atoms with van der Waals surface area (Å²) in [6, 6.07) is 15.8. The minimum Gasteiger partial charge on any atom is -0.494 e. The summed E-state index contributed by atoms with van der Waals surface area (Å²) in [4.78, 5) is 15.2. The number of hydrogen-bond acceptors (Lipinski definition) is 4. The molecule has 154 valence electrons. The molecule has 2 aromatic rings.